The molecule has 1 heterocycles. The summed E-state index contributed by atoms with van der Waals surface area (Å²) in [6.07, 6.45) is 1.48. The Hall–Kier alpha value is -2.88. The number of nitrogens with one attached hydrogen (secondary N) is 1. The number of carbonyl (C=O) groups is 2. The highest BCUT2D eigenvalue weighted by Crippen LogP contribution is 2.43. The fourth-order valence-electron chi connectivity index (χ4n) is 4.31. The van der Waals surface area contributed by atoms with Gasteiger partial charge in [-0.1, -0.05) is 42.0 Å². The highest BCUT2D eigenvalue weighted by Gasteiger charge is 2.38. The highest BCUT2D eigenvalue weighted by atomic mass is 16.5. The van der Waals surface area contributed by atoms with Crippen molar-refractivity contribution in [2.24, 2.45) is 0 Å². The average Bonchev–Trinajstić information content (AvgIpc) is 2.68. The van der Waals surface area contributed by atoms with Crippen molar-refractivity contribution in [2.75, 3.05) is 6.61 Å². The number of rotatable bonds is 4. The van der Waals surface area contributed by atoms with Crippen LogP contribution in [0.3, 0.4) is 0 Å². The van der Waals surface area contributed by atoms with Gasteiger partial charge in [0.2, 0.25) is 5.91 Å². The van der Waals surface area contributed by atoms with Gasteiger partial charge in [0.15, 0.2) is 5.78 Å². The summed E-state index contributed by atoms with van der Waals surface area (Å²) in [5, 5.41) is 2.99. The molecule has 0 bridgehead atoms. The third-order valence-electron chi connectivity index (χ3n) is 5.66. The summed E-state index contributed by atoms with van der Waals surface area (Å²) in [7, 11) is 0. The van der Waals surface area contributed by atoms with Gasteiger partial charge >= 0.3 is 0 Å². The smallest absolute Gasteiger partial charge is 0.225 e. The predicted octanol–water partition coefficient (Wildman–Crippen LogP) is 4.40. The molecule has 2 aliphatic rings. The minimum atomic E-state index is -0.198. The van der Waals surface area contributed by atoms with Crippen molar-refractivity contribution in [3.8, 4) is 5.75 Å². The van der Waals surface area contributed by atoms with Crippen LogP contribution in [0.2, 0.25) is 0 Å². The monoisotopic (exact) mass is 375 g/mol. The molecule has 1 aliphatic heterocycles. The molecular formula is C24H25NO3. The second-order valence-electron chi connectivity index (χ2n) is 7.64. The Morgan fingerprint density at radius 3 is 2.54 bits per heavy atom. The lowest BCUT2D eigenvalue weighted by Crippen LogP contribution is -2.38. The van der Waals surface area contributed by atoms with E-state index < -0.39 is 0 Å². The first-order valence-electron chi connectivity index (χ1n) is 9.90. The first-order valence-corrected chi connectivity index (χ1v) is 9.90. The molecular weight excluding hydrogens is 350 g/mol. The van der Waals surface area contributed by atoms with E-state index in [9.17, 15) is 9.59 Å². The van der Waals surface area contributed by atoms with Crippen molar-refractivity contribution >= 4 is 11.7 Å². The van der Waals surface area contributed by atoms with Gasteiger partial charge in [0, 0.05) is 30.0 Å². The maximum absolute atomic E-state index is 13.1. The van der Waals surface area contributed by atoms with Crippen LogP contribution in [0.15, 0.2) is 59.8 Å². The molecule has 2 aromatic carbocycles. The second kappa shape index (κ2) is 7.63. The van der Waals surface area contributed by atoms with Crippen molar-refractivity contribution in [1.82, 2.24) is 5.32 Å². The van der Waals surface area contributed by atoms with Crippen molar-refractivity contribution < 1.29 is 14.3 Å². The zero-order chi connectivity index (χ0) is 19.7. The van der Waals surface area contributed by atoms with E-state index in [0.717, 1.165) is 28.1 Å². The van der Waals surface area contributed by atoms with Gasteiger partial charge in [0.1, 0.15) is 5.75 Å². The quantitative estimate of drug-likeness (QED) is 0.862. The number of allylic oxidation sites excluding steroid dienone is 2. The number of aryl methyl sites for hydroxylation is 1. The number of ether oxygens (including phenoxy) is 1. The van der Waals surface area contributed by atoms with Gasteiger partial charge in [-0.05, 0) is 49.4 Å². The first-order chi connectivity index (χ1) is 13.5. The number of Topliss-reactive ketones (excluding diaryl/α,β-unsaturated/α-hetero) is 1. The second-order valence-corrected chi connectivity index (χ2v) is 7.64. The predicted molar refractivity (Wildman–Crippen MR) is 108 cm³/mol. The van der Waals surface area contributed by atoms with Gasteiger partial charge in [-0.2, -0.15) is 0 Å². The summed E-state index contributed by atoms with van der Waals surface area (Å²) in [5.74, 6) is 0.798. The Morgan fingerprint density at radius 2 is 1.79 bits per heavy atom. The van der Waals surface area contributed by atoms with Crippen LogP contribution >= 0.6 is 0 Å². The third kappa shape index (κ3) is 3.59. The number of carbonyl (C=O) groups excluding carboxylic acids is 2. The zero-order valence-corrected chi connectivity index (χ0v) is 16.3. The molecule has 0 aromatic heterocycles. The summed E-state index contributed by atoms with van der Waals surface area (Å²) < 4.78 is 5.61. The van der Waals surface area contributed by atoms with E-state index in [1.807, 2.05) is 31.2 Å². The molecule has 1 aliphatic carbocycles. The molecule has 0 saturated heterocycles. The Kier molecular flexibility index (Phi) is 5.03. The fourth-order valence-corrected chi connectivity index (χ4v) is 4.31. The van der Waals surface area contributed by atoms with Gasteiger partial charge in [-0.3, -0.25) is 9.59 Å². The van der Waals surface area contributed by atoms with Gasteiger partial charge in [0.05, 0.1) is 6.61 Å². The fraction of sp³-hybridized carbons (Fsp3) is 0.333. The molecule has 2 atom stereocenters. The van der Waals surface area contributed by atoms with Crippen molar-refractivity contribution in [2.45, 2.75) is 44.9 Å². The van der Waals surface area contributed by atoms with Crippen molar-refractivity contribution in [3.63, 3.8) is 0 Å². The standard InChI is InChI=1S/C24H25NO3/c1-3-28-19-6-4-5-17(11-19)20-14-23(27)25-21-12-18(13-22(26)24(20)21)16-9-7-15(2)8-10-16/h4-11,18,20H,3,12-14H2,1-2H3,(H,25,27). The van der Waals surface area contributed by atoms with Crippen LogP contribution in [0.5, 0.6) is 5.75 Å². The lowest BCUT2D eigenvalue weighted by molar-refractivity contribution is -0.122. The summed E-state index contributed by atoms with van der Waals surface area (Å²) in [6.45, 7) is 4.58. The summed E-state index contributed by atoms with van der Waals surface area (Å²) in [6, 6.07) is 16.1. The van der Waals surface area contributed by atoms with Gasteiger partial charge in [-0.15, -0.1) is 0 Å². The topological polar surface area (TPSA) is 55.4 Å². The molecule has 4 heteroatoms. The van der Waals surface area contributed by atoms with Crippen LogP contribution in [-0.4, -0.2) is 18.3 Å². The number of benzene rings is 2. The van der Waals surface area contributed by atoms with E-state index in [1.54, 1.807) is 0 Å². The lowest BCUT2D eigenvalue weighted by atomic mass is 9.73. The van der Waals surface area contributed by atoms with E-state index in [-0.39, 0.29) is 23.5 Å². The Morgan fingerprint density at radius 1 is 1.00 bits per heavy atom. The van der Waals surface area contributed by atoms with E-state index in [0.29, 0.717) is 25.9 Å². The molecule has 4 nitrogen and oxygen atoms in total. The van der Waals surface area contributed by atoms with Gasteiger partial charge in [-0.25, -0.2) is 0 Å². The van der Waals surface area contributed by atoms with Crippen LogP contribution in [0.1, 0.15) is 54.7 Å². The third-order valence-corrected chi connectivity index (χ3v) is 5.66. The molecule has 1 N–H and O–H groups in total. The Labute approximate surface area is 165 Å². The number of hydrogen-bond acceptors (Lipinski definition) is 3. The minimum absolute atomic E-state index is 0.0251. The van der Waals surface area contributed by atoms with Crippen LogP contribution in [0.4, 0.5) is 0 Å². The number of ketones is 1. The molecule has 144 valence electrons. The van der Waals surface area contributed by atoms with Gasteiger partial charge < -0.3 is 10.1 Å². The van der Waals surface area contributed by atoms with Crippen LogP contribution in [0, 0.1) is 6.92 Å². The van der Waals surface area contributed by atoms with E-state index in [1.165, 1.54) is 5.56 Å². The Balaban J connectivity index is 1.68. The largest absolute Gasteiger partial charge is 0.494 e. The molecule has 4 rings (SSSR count). The number of hydrogen-bond donors (Lipinski definition) is 1. The minimum Gasteiger partial charge on any atom is -0.494 e. The molecule has 0 spiro atoms. The first kappa shape index (κ1) is 18.5. The molecule has 28 heavy (non-hydrogen) atoms. The lowest BCUT2D eigenvalue weighted by Gasteiger charge is -2.34. The molecule has 2 unspecified atom stereocenters. The zero-order valence-electron chi connectivity index (χ0n) is 16.3. The molecule has 1 amide bonds. The summed E-state index contributed by atoms with van der Waals surface area (Å²) >= 11 is 0. The maximum atomic E-state index is 13.1. The van der Waals surface area contributed by atoms with Crippen LogP contribution in [-0.2, 0) is 9.59 Å². The van der Waals surface area contributed by atoms with E-state index in [4.69, 9.17) is 4.74 Å². The summed E-state index contributed by atoms with van der Waals surface area (Å²) in [4.78, 5) is 25.6. The highest BCUT2D eigenvalue weighted by molar-refractivity contribution is 6.02. The maximum Gasteiger partial charge on any atom is 0.225 e. The van der Waals surface area contributed by atoms with Gasteiger partial charge in [0.25, 0.3) is 0 Å². The molecule has 2 aromatic rings. The van der Waals surface area contributed by atoms with Crippen molar-refractivity contribution in [3.05, 3.63) is 76.5 Å². The van der Waals surface area contributed by atoms with Crippen molar-refractivity contribution in [1.29, 1.82) is 0 Å². The molecule has 0 fully saturated rings. The molecule has 0 radical (unpaired) electrons. The van der Waals surface area contributed by atoms with Crippen LogP contribution in [0.25, 0.3) is 0 Å². The molecule has 0 saturated carbocycles. The van der Waals surface area contributed by atoms with Crippen LogP contribution < -0.4 is 10.1 Å². The Bertz CT molecular complexity index is 943. The SMILES string of the molecule is CCOc1cccc(C2CC(=O)NC3=C2C(=O)CC(c2ccc(C)cc2)C3)c1. The average molecular weight is 375 g/mol. The van der Waals surface area contributed by atoms with E-state index in [2.05, 4.69) is 36.5 Å². The number of amides is 1. The normalized spacial score (nSPS) is 21.9. The van der Waals surface area contributed by atoms with E-state index >= 15 is 0 Å². The summed E-state index contributed by atoms with van der Waals surface area (Å²) in [5.41, 5.74) is 4.89.